The molecule has 162 valence electrons. The van der Waals surface area contributed by atoms with Crippen molar-refractivity contribution >= 4 is 5.91 Å². The maximum atomic E-state index is 13.3. The minimum absolute atomic E-state index is 0.0851. The summed E-state index contributed by atoms with van der Waals surface area (Å²) in [5.74, 6) is 0.153. The average molecular weight is 432 g/mol. The maximum Gasteiger partial charge on any atom is 0.417 e. The molecule has 4 rings (SSSR count). The van der Waals surface area contributed by atoms with Gasteiger partial charge in [0.25, 0.3) is 5.91 Å². The molecule has 31 heavy (non-hydrogen) atoms. The van der Waals surface area contributed by atoms with Gasteiger partial charge in [-0.15, -0.1) is 4.80 Å². The topological polar surface area (TPSA) is 86.0 Å². The van der Waals surface area contributed by atoms with Gasteiger partial charge in [-0.3, -0.25) is 4.79 Å². The molecule has 0 aliphatic carbocycles. The van der Waals surface area contributed by atoms with Crippen LogP contribution in [0, 0.1) is 0 Å². The van der Waals surface area contributed by atoms with Gasteiger partial charge in [0.15, 0.2) is 5.82 Å². The van der Waals surface area contributed by atoms with E-state index in [1.807, 2.05) is 6.92 Å². The van der Waals surface area contributed by atoms with Gasteiger partial charge in [0.1, 0.15) is 6.10 Å². The first-order chi connectivity index (χ1) is 14.8. The molecule has 1 aliphatic heterocycles. The van der Waals surface area contributed by atoms with Gasteiger partial charge in [-0.25, -0.2) is 9.97 Å². The number of hydrogen-bond donors (Lipinski definition) is 0. The van der Waals surface area contributed by atoms with Gasteiger partial charge in [-0.2, -0.15) is 23.4 Å². The molecular formula is C20H19F3N6O2. The standard InChI is InChI=1S/C20H19F3N6O2/c1-13-16(31-17-7-6-14(12-25-17)20(21,22)23)5-3-11-28(13)19(30)15-4-2-8-24-18(15)29-26-9-10-27-29/h2,4,6-10,12-13,16H,3,5,11H2,1H3/t13-,16+/m0/s1. The molecule has 8 nitrogen and oxygen atoms in total. The summed E-state index contributed by atoms with van der Waals surface area (Å²) in [7, 11) is 0. The zero-order valence-corrected chi connectivity index (χ0v) is 16.5. The van der Waals surface area contributed by atoms with Crippen LogP contribution in [0.4, 0.5) is 13.2 Å². The fourth-order valence-corrected chi connectivity index (χ4v) is 3.53. The number of ether oxygens (including phenoxy) is 1. The molecule has 1 saturated heterocycles. The summed E-state index contributed by atoms with van der Waals surface area (Å²) < 4.78 is 44.0. The Labute approximate surface area is 175 Å². The van der Waals surface area contributed by atoms with Crippen molar-refractivity contribution in [3.63, 3.8) is 0 Å². The van der Waals surface area contributed by atoms with E-state index in [1.54, 1.807) is 23.2 Å². The average Bonchev–Trinajstić information content (AvgIpc) is 3.29. The van der Waals surface area contributed by atoms with Crippen LogP contribution in [0.3, 0.4) is 0 Å². The Hall–Kier alpha value is -3.50. The molecule has 0 N–H and O–H groups in total. The number of piperidine rings is 1. The van der Waals surface area contributed by atoms with Gasteiger partial charge in [-0.1, -0.05) is 0 Å². The summed E-state index contributed by atoms with van der Waals surface area (Å²) in [4.78, 5) is 24.3. The first-order valence-electron chi connectivity index (χ1n) is 9.67. The minimum atomic E-state index is -4.46. The molecule has 0 bridgehead atoms. The van der Waals surface area contributed by atoms with Crippen molar-refractivity contribution in [1.82, 2.24) is 29.9 Å². The molecule has 1 amide bonds. The third-order valence-electron chi connectivity index (χ3n) is 5.14. The molecule has 0 saturated carbocycles. The van der Waals surface area contributed by atoms with Crippen molar-refractivity contribution in [2.75, 3.05) is 6.54 Å². The van der Waals surface area contributed by atoms with E-state index < -0.39 is 17.8 Å². The summed E-state index contributed by atoms with van der Waals surface area (Å²) in [6.45, 7) is 2.36. The SMILES string of the molecule is C[C@H]1[C@H](Oc2ccc(C(F)(F)F)cn2)CCCN1C(=O)c1cccnc1-n1nccn1. The molecule has 1 aliphatic rings. The molecule has 4 heterocycles. The molecule has 3 aromatic rings. The van der Waals surface area contributed by atoms with Crippen molar-refractivity contribution in [3.8, 4) is 11.7 Å². The zero-order valence-electron chi connectivity index (χ0n) is 16.5. The Morgan fingerprint density at radius 2 is 1.90 bits per heavy atom. The largest absolute Gasteiger partial charge is 0.472 e. The second kappa shape index (κ2) is 8.32. The van der Waals surface area contributed by atoms with E-state index in [1.165, 1.54) is 23.3 Å². The summed E-state index contributed by atoms with van der Waals surface area (Å²) in [5.41, 5.74) is -0.497. The Morgan fingerprint density at radius 1 is 1.13 bits per heavy atom. The van der Waals surface area contributed by atoms with Crippen LogP contribution >= 0.6 is 0 Å². The highest BCUT2D eigenvalue weighted by Gasteiger charge is 2.35. The van der Waals surface area contributed by atoms with E-state index in [4.69, 9.17) is 4.74 Å². The van der Waals surface area contributed by atoms with E-state index in [0.29, 0.717) is 30.8 Å². The highest BCUT2D eigenvalue weighted by Crippen LogP contribution is 2.30. The first-order valence-corrected chi connectivity index (χ1v) is 9.67. The second-order valence-corrected chi connectivity index (χ2v) is 7.11. The quantitative estimate of drug-likeness (QED) is 0.630. The monoisotopic (exact) mass is 432 g/mol. The molecule has 11 heteroatoms. The van der Waals surface area contributed by atoms with Crippen molar-refractivity contribution in [2.24, 2.45) is 0 Å². The van der Waals surface area contributed by atoms with Crippen LogP contribution < -0.4 is 4.74 Å². The van der Waals surface area contributed by atoms with Crippen LogP contribution in [0.15, 0.2) is 49.1 Å². The van der Waals surface area contributed by atoms with Gasteiger partial charge >= 0.3 is 6.18 Å². The fourth-order valence-electron chi connectivity index (χ4n) is 3.53. The number of rotatable bonds is 4. The Balaban J connectivity index is 1.52. The number of aromatic nitrogens is 5. The molecule has 0 aromatic carbocycles. The number of amides is 1. The van der Waals surface area contributed by atoms with E-state index in [2.05, 4.69) is 20.2 Å². The Bertz CT molecular complexity index is 1040. The number of nitrogens with zero attached hydrogens (tertiary/aromatic N) is 6. The Kier molecular flexibility index (Phi) is 5.57. The van der Waals surface area contributed by atoms with Gasteiger partial charge in [-0.05, 0) is 38.0 Å². The van der Waals surface area contributed by atoms with Crippen LogP contribution in [0.2, 0.25) is 0 Å². The summed E-state index contributed by atoms with van der Waals surface area (Å²) in [6, 6.07) is 5.11. The lowest BCUT2D eigenvalue weighted by atomic mass is 9.99. The van der Waals surface area contributed by atoms with Gasteiger partial charge in [0.2, 0.25) is 5.88 Å². The fraction of sp³-hybridized carbons (Fsp3) is 0.350. The summed E-state index contributed by atoms with van der Waals surface area (Å²) in [6.07, 6.45) is 1.73. The van der Waals surface area contributed by atoms with Crippen molar-refractivity contribution in [3.05, 3.63) is 60.2 Å². The van der Waals surface area contributed by atoms with Crippen LogP contribution in [0.25, 0.3) is 5.82 Å². The van der Waals surface area contributed by atoms with Crippen molar-refractivity contribution in [1.29, 1.82) is 0 Å². The lowest BCUT2D eigenvalue weighted by Crippen LogP contribution is -2.51. The molecule has 0 radical (unpaired) electrons. The van der Waals surface area contributed by atoms with Crippen LogP contribution in [-0.2, 0) is 6.18 Å². The van der Waals surface area contributed by atoms with Gasteiger partial charge in [0.05, 0.1) is 29.6 Å². The maximum absolute atomic E-state index is 13.3. The number of hydrogen-bond acceptors (Lipinski definition) is 6. The molecule has 0 unspecified atom stereocenters. The van der Waals surface area contributed by atoms with Crippen molar-refractivity contribution < 1.29 is 22.7 Å². The number of carbonyl (C=O) groups is 1. The summed E-state index contributed by atoms with van der Waals surface area (Å²) in [5, 5.41) is 8.10. The third-order valence-corrected chi connectivity index (χ3v) is 5.14. The smallest absolute Gasteiger partial charge is 0.417 e. The predicted molar refractivity (Wildman–Crippen MR) is 103 cm³/mol. The number of likely N-dealkylation sites (tertiary alicyclic amines) is 1. The Morgan fingerprint density at radius 3 is 2.58 bits per heavy atom. The second-order valence-electron chi connectivity index (χ2n) is 7.11. The number of pyridine rings is 2. The molecule has 1 fully saturated rings. The first kappa shape index (κ1) is 20.8. The van der Waals surface area contributed by atoms with Gasteiger partial charge in [0, 0.05) is 25.0 Å². The van der Waals surface area contributed by atoms with E-state index in [-0.39, 0.29) is 17.8 Å². The number of carbonyl (C=O) groups excluding carboxylic acids is 1. The zero-order chi connectivity index (χ0) is 22.0. The highest BCUT2D eigenvalue weighted by atomic mass is 19.4. The lowest BCUT2D eigenvalue weighted by molar-refractivity contribution is -0.137. The number of alkyl halides is 3. The van der Waals surface area contributed by atoms with E-state index in [0.717, 1.165) is 12.3 Å². The molecule has 3 aromatic heterocycles. The molecule has 2 atom stereocenters. The van der Waals surface area contributed by atoms with Crippen LogP contribution in [-0.4, -0.2) is 54.5 Å². The van der Waals surface area contributed by atoms with Crippen LogP contribution in [0.5, 0.6) is 5.88 Å². The van der Waals surface area contributed by atoms with Crippen molar-refractivity contribution in [2.45, 2.75) is 38.1 Å². The van der Waals surface area contributed by atoms with E-state index in [9.17, 15) is 18.0 Å². The summed E-state index contributed by atoms with van der Waals surface area (Å²) >= 11 is 0. The van der Waals surface area contributed by atoms with E-state index >= 15 is 0 Å². The number of halogens is 3. The lowest BCUT2D eigenvalue weighted by Gasteiger charge is -2.39. The molecular weight excluding hydrogens is 413 g/mol. The molecule has 0 spiro atoms. The normalized spacial score (nSPS) is 19.3. The predicted octanol–water partition coefficient (Wildman–Crippen LogP) is 3.15. The third kappa shape index (κ3) is 4.35. The van der Waals surface area contributed by atoms with Crippen LogP contribution in [0.1, 0.15) is 35.7 Å². The highest BCUT2D eigenvalue weighted by molar-refractivity contribution is 5.97. The minimum Gasteiger partial charge on any atom is -0.472 e. The van der Waals surface area contributed by atoms with Gasteiger partial charge < -0.3 is 9.64 Å².